The molecule has 0 aromatic heterocycles. The molecule has 1 saturated heterocycles. The van der Waals surface area contributed by atoms with Crippen LogP contribution in [-0.4, -0.2) is 38.4 Å². The SMILES string of the molecule is CC.CCOC(=O)CC1COCCN1. The molecule has 1 aliphatic heterocycles. The monoisotopic (exact) mass is 203 g/mol. The zero-order valence-corrected chi connectivity index (χ0v) is 9.34. The molecular formula is C10H21NO3. The van der Waals surface area contributed by atoms with Crippen LogP contribution >= 0.6 is 0 Å². The Kier molecular flexibility index (Phi) is 8.57. The molecule has 1 heterocycles. The van der Waals surface area contributed by atoms with Crippen molar-refractivity contribution in [3.63, 3.8) is 0 Å². The first-order valence-corrected chi connectivity index (χ1v) is 5.29. The lowest BCUT2D eigenvalue weighted by atomic mass is 10.2. The molecule has 0 amide bonds. The molecular weight excluding hydrogens is 182 g/mol. The second-order valence-electron chi connectivity index (χ2n) is 2.74. The summed E-state index contributed by atoms with van der Waals surface area (Å²) >= 11 is 0. The van der Waals surface area contributed by atoms with Crippen LogP contribution < -0.4 is 5.32 Å². The number of carbonyl (C=O) groups is 1. The van der Waals surface area contributed by atoms with E-state index in [-0.39, 0.29) is 12.0 Å². The lowest BCUT2D eigenvalue weighted by Crippen LogP contribution is -2.42. The predicted octanol–water partition coefficient (Wildman–Crippen LogP) is 0.954. The fraction of sp³-hybridized carbons (Fsp3) is 0.900. The van der Waals surface area contributed by atoms with E-state index in [4.69, 9.17) is 9.47 Å². The van der Waals surface area contributed by atoms with Gasteiger partial charge >= 0.3 is 5.97 Å². The second-order valence-corrected chi connectivity index (χ2v) is 2.74. The summed E-state index contributed by atoms with van der Waals surface area (Å²) < 4.78 is 10.0. The average molecular weight is 203 g/mol. The van der Waals surface area contributed by atoms with Gasteiger partial charge in [0.2, 0.25) is 0 Å². The molecule has 1 fully saturated rings. The maximum Gasteiger partial charge on any atom is 0.307 e. The lowest BCUT2D eigenvalue weighted by Gasteiger charge is -2.22. The number of morpholine rings is 1. The van der Waals surface area contributed by atoms with E-state index in [9.17, 15) is 4.79 Å². The molecule has 0 spiro atoms. The molecule has 1 N–H and O–H groups in total. The molecule has 0 aromatic rings. The molecule has 4 nitrogen and oxygen atoms in total. The van der Waals surface area contributed by atoms with Crippen molar-refractivity contribution in [2.45, 2.75) is 33.2 Å². The Bertz CT molecular complexity index is 144. The van der Waals surface area contributed by atoms with E-state index in [1.165, 1.54) is 0 Å². The first-order valence-electron chi connectivity index (χ1n) is 5.29. The zero-order valence-electron chi connectivity index (χ0n) is 9.34. The number of rotatable bonds is 3. The van der Waals surface area contributed by atoms with Crippen LogP contribution in [-0.2, 0) is 14.3 Å². The standard InChI is InChI=1S/C8H15NO3.C2H6/c1-2-12-8(10)5-7-6-11-4-3-9-7;1-2/h7,9H,2-6H2,1H3;1-2H3. The minimum absolute atomic E-state index is 0.137. The minimum atomic E-state index is -0.152. The van der Waals surface area contributed by atoms with Gasteiger partial charge in [-0.15, -0.1) is 0 Å². The molecule has 0 aromatic carbocycles. The summed E-state index contributed by atoms with van der Waals surface area (Å²) in [5.41, 5.74) is 0. The first-order chi connectivity index (χ1) is 6.83. The van der Waals surface area contributed by atoms with E-state index in [1.54, 1.807) is 0 Å². The van der Waals surface area contributed by atoms with Gasteiger partial charge in [0.25, 0.3) is 0 Å². The van der Waals surface area contributed by atoms with Crippen molar-refractivity contribution in [3.05, 3.63) is 0 Å². The molecule has 14 heavy (non-hydrogen) atoms. The Morgan fingerprint density at radius 3 is 2.79 bits per heavy atom. The van der Waals surface area contributed by atoms with E-state index in [0.29, 0.717) is 19.6 Å². The summed E-state index contributed by atoms with van der Waals surface area (Å²) in [6, 6.07) is 0.137. The summed E-state index contributed by atoms with van der Waals surface area (Å²) in [6.07, 6.45) is 0.411. The van der Waals surface area contributed by atoms with Gasteiger partial charge in [-0.1, -0.05) is 13.8 Å². The van der Waals surface area contributed by atoms with Gasteiger partial charge in [0.15, 0.2) is 0 Å². The van der Waals surface area contributed by atoms with Crippen molar-refractivity contribution in [1.82, 2.24) is 5.32 Å². The van der Waals surface area contributed by atoms with Crippen LogP contribution in [0.5, 0.6) is 0 Å². The van der Waals surface area contributed by atoms with Crippen LogP contribution in [0.2, 0.25) is 0 Å². The third-order valence-electron chi connectivity index (χ3n) is 1.72. The van der Waals surface area contributed by atoms with Gasteiger partial charge in [0, 0.05) is 12.6 Å². The smallest absolute Gasteiger partial charge is 0.307 e. The fourth-order valence-corrected chi connectivity index (χ4v) is 1.17. The molecule has 0 aliphatic carbocycles. The van der Waals surface area contributed by atoms with Crippen LogP contribution in [0.25, 0.3) is 0 Å². The number of ether oxygens (including phenoxy) is 2. The van der Waals surface area contributed by atoms with Gasteiger partial charge < -0.3 is 14.8 Å². The number of esters is 1. The van der Waals surface area contributed by atoms with Crippen molar-refractivity contribution in [2.75, 3.05) is 26.4 Å². The summed E-state index contributed by atoms with van der Waals surface area (Å²) in [5.74, 6) is -0.152. The highest BCUT2D eigenvalue weighted by Crippen LogP contribution is 1.99. The highest BCUT2D eigenvalue weighted by molar-refractivity contribution is 5.70. The van der Waals surface area contributed by atoms with Gasteiger partial charge in [-0.2, -0.15) is 0 Å². The normalized spacial score (nSPS) is 20.6. The largest absolute Gasteiger partial charge is 0.466 e. The first kappa shape index (κ1) is 13.4. The summed E-state index contributed by atoms with van der Waals surface area (Å²) in [6.45, 7) is 8.43. The molecule has 1 aliphatic rings. The Morgan fingerprint density at radius 2 is 2.29 bits per heavy atom. The van der Waals surface area contributed by atoms with Gasteiger partial charge in [-0.05, 0) is 6.92 Å². The van der Waals surface area contributed by atoms with Gasteiger partial charge in [-0.3, -0.25) is 4.79 Å². The van der Waals surface area contributed by atoms with E-state index in [0.717, 1.165) is 13.2 Å². The summed E-state index contributed by atoms with van der Waals surface area (Å²) in [5, 5.41) is 3.18. The highest BCUT2D eigenvalue weighted by Gasteiger charge is 2.16. The Morgan fingerprint density at radius 1 is 1.57 bits per heavy atom. The average Bonchev–Trinajstić information content (AvgIpc) is 2.22. The number of carbonyl (C=O) groups excluding carboxylic acids is 1. The van der Waals surface area contributed by atoms with E-state index in [1.807, 2.05) is 20.8 Å². The van der Waals surface area contributed by atoms with E-state index in [2.05, 4.69) is 5.32 Å². The van der Waals surface area contributed by atoms with Gasteiger partial charge in [0.05, 0.1) is 26.2 Å². The molecule has 0 radical (unpaired) electrons. The van der Waals surface area contributed by atoms with Gasteiger partial charge in [0.1, 0.15) is 0 Å². The Labute approximate surface area is 86.0 Å². The molecule has 1 unspecified atom stereocenters. The maximum atomic E-state index is 11.0. The summed E-state index contributed by atoms with van der Waals surface area (Å²) in [7, 11) is 0. The second kappa shape index (κ2) is 8.97. The predicted molar refractivity (Wildman–Crippen MR) is 55.2 cm³/mol. The number of hydrogen-bond acceptors (Lipinski definition) is 4. The Hall–Kier alpha value is -0.610. The van der Waals surface area contributed by atoms with Gasteiger partial charge in [-0.25, -0.2) is 0 Å². The van der Waals surface area contributed by atoms with E-state index >= 15 is 0 Å². The zero-order chi connectivity index (χ0) is 10.8. The van der Waals surface area contributed by atoms with Crippen LogP contribution in [0.3, 0.4) is 0 Å². The van der Waals surface area contributed by atoms with Crippen LogP contribution in [0.1, 0.15) is 27.2 Å². The van der Waals surface area contributed by atoms with Crippen molar-refractivity contribution in [2.24, 2.45) is 0 Å². The highest BCUT2D eigenvalue weighted by atomic mass is 16.5. The Balaban J connectivity index is 0.000000791. The fourth-order valence-electron chi connectivity index (χ4n) is 1.17. The van der Waals surface area contributed by atoms with Crippen LogP contribution in [0.15, 0.2) is 0 Å². The minimum Gasteiger partial charge on any atom is -0.466 e. The molecule has 0 saturated carbocycles. The number of nitrogens with one attached hydrogen (secondary N) is 1. The van der Waals surface area contributed by atoms with Crippen molar-refractivity contribution in [3.8, 4) is 0 Å². The third kappa shape index (κ3) is 5.94. The molecule has 0 bridgehead atoms. The van der Waals surface area contributed by atoms with E-state index < -0.39 is 0 Å². The maximum absolute atomic E-state index is 11.0. The molecule has 1 rings (SSSR count). The van der Waals surface area contributed by atoms with Crippen LogP contribution in [0, 0.1) is 0 Å². The van der Waals surface area contributed by atoms with Crippen molar-refractivity contribution < 1.29 is 14.3 Å². The topological polar surface area (TPSA) is 47.6 Å². The molecule has 1 atom stereocenters. The molecule has 4 heteroatoms. The van der Waals surface area contributed by atoms with Crippen molar-refractivity contribution >= 4 is 5.97 Å². The van der Waals surface area contributed by atoms with Crippen LogP contribution in [0.4, 0.5) is 0 Å². The quantitative estimate of drug-likeness (QED) is 0.694. The molecule has 84 valence electrons. The van der Waals surface area contributed by atoms with Crippen molar-refractivity contribution in [1.29, 1.82) is 0 Å². The summed E-state index contributed by atoms with van der Waals surface area (Å²) in [4.78, 5) is 11.0. The lowest BCUT2D eigenvalue weighted by molar-refractivity contribution is -0.144. The third-order valence-corrected chi connectivity index (χ3v) is 1.72. The number of hydrogen-bond donors (Lipinski definition) is 1.